The van der Waals surface area contributed by atoms with Crippen molar-refractivity contribution >= 4 is 74.0 Å². The van der Waals surface area contributed by atoms with Gasteiger partial charge < -0.3 is 54.1 Å². The van der Waals surface area contributed by atoms with Crippen molar-refractivity contribution in [2.45, 2.75) is 88.4 Å². The van der Waals surface area contributed by atoms with E-state index < -0.39 is 59.2 Å². The smallest absolute Gasteiger partial charge is 0.315 e. The van der Waals surface area contributed by atoms with E-state index in [1.165, 1.54) is 12.1 Å². The molecule has 1 aliphatic rings. The molecule has 17 nitrogen and oxygen atoms in total. The molecule has 0 spiro atoms. The fourth-order valence-corrected chi connectivity index (χ4v) is 8.83. The number of halogens is 1. The molecule has 1 unspecified atom stereocenters. The molecule has 18 heteroatoms. The maximum absolute atomic E-state index is 14.8. The molecule has 7 amide bonds. The van der Waals surface area contributed by atoms with Crippen LogP contribution in [-0.4, -0.2) is 83.3 Å². The Kier molecular flexibility index (Phi) is 17.1. The summed E-state index contributed by atoms with van der Waals surface area (Å²) in [5.74, 6) is -3.52. The Labute approximate surface area is 397 Å². The number of aromatic amines is 1. The van der Waals surface area contributed by atoms with Crippen molar-refractivity contribution in [3.8, 4) is 0 Å². The predicted molar refractivity (Wildman–Crippen MR) is 262 cm³/mol. The summed E-state index contributed by atoms with van der Waals surface area (Å²) >= 11 is 3.63. The summed E-state index contributed by atoms with van der Waals surface area (Å²) in [5, 5.41) is 18.1. The van der Waals surface area contributed by atoms with Crippen LogP contribution in [0.1, 0.15) is 71.6 Å². The zero-order valence-corrected chi connectivity index (χ0v) is 38.9. The van der Waals surface area contributed by atoms with Gasteiger partial charge in [-0.2, -0.15) is 0 Å². The molecular weight excluding hydrogens is 919 g/mol. The van der Waals surface area contributed by atoms with Crippen LogP contribution < -0.4 is 49.1 Å². The van der Waals surface area contributed by atoms with E-state index in [2.05, 4.69) is 57.8 Å². The number of nitrogens with one attached hydrogen (secondary N) is 7. The fraction of sp³-hybridized carbons (Fsp3) is 0.327. The highest BCUT2D eigenvalue weighted by atomic mass is 79.9. The Morgan fingerprint density at radius 2 is 1.48 bits per heavy atom. The van der Waals surface area contributed by atoms with E-state index in [9.17, 15) is 28.8 Å². The quantitative estimate of drug-likeness (QED) is 0.0291. The number of fused-ring (bicyclic) bond motifs is 2. The SMILES string of the molecule is CCCCNC(=O)NC1(C(=O)N[C@H](Cc2ccccc2)C(=O)N[C@@H](CCCN=C(N)N)C(=O)N[C@@H](Cc2c[nH]c3ccccc23)C(=O)Nc2ccccc2C(N)=O)CCc2c(Br)cccc2C1. The van der Waals surface area contributed by atoms with Gasteiger partial charge in [0.2, 0.25) is 23.6 Å². The Bertz CT molecular complexity index is 2600. The number of H-pyrrole nitrogens is 1. The normalized spacial score (nSPS) is 15.4. The molecule has 67 heavy (non-hydrogen) atoms. The highest BCUT2D eigenvalue weighted by Gasteiger charge is 2.44. The molecule has 1 aliphatic carbocycles. The van der Waals surface area contributed by atoms with Crippen LogP contribution in [0.4, 0.5) is 10.5 Å². The fourth-order valence-electron chi connectivity index (χ4n) is 8.23. The van der Waals surface area contributed by atoms with E-state index in [1.54, 1.807) is 18.3 Å². The summed E-state index contributed by atoms with van der Waals surface area (Å²) in [4.78, 5) is 91.3. The Morgan fingerprint density at radius 1 is 0.776 bits per heavy atom. The lowest BCUT2D eigenvalue weighted by atomic mass is 9.77. The third kappa shape index (κ3) is 13.2. The topological polar surface area (TPSA) is 281 Å². The maximum atomic E-state index is 14.8. The van der Waals surface area contributed by atoms with Crippen LogP contribution in [0, 0.1) is 0 Å². The van der Waals surface area contributed by atoms with E-state index in [0.717, 1.165) is 50.5 Å². The monoisotopic (exact) mass is 975 g/mol. The third-order valence-electron chi connectivity index (χ3n) is 11.8. The number of anilines is 1. The molecule has 1 aromatic heterocycles. The summed E-state index contributed by atoms with van der Waals surface area (Å²) in [6.07, 6.45) is 4.56. The highest BCUT2D eigenvalue weighted by Crippen LogP contribution is 2.34. The first-order chi connectivity index (χ1) is 32.3. The van der Waals surface area contributed by atoms with Crippen LogP contribution in [-0.2, 0) is 44.9 Å². The minimum Gasteiger partial charge on any atom is -0.370 e. The van der Waals surface area contributed by atoms with Gasteiger partial charge in [-0.3, -0.25) is 29.0 Å². The number of nitrogens with zero attached hydrogens (tertiary/aromatic N) is 1. The molecule has 13 N–H and O–H groups in total. The standard InChI is InChI=1S/C49H58BrN11O6/c1-2-3-24-55-48(67)61-49(23-22-33-31(28-49)15-11-18-36(33)50)46(66)60-40(26-30-13-5-4-6-14-30)44(64)58-39(21-12-25-54-47(52)53)43(63)59-41(27-32-29-56-37-19-9-7-16-34(32)37)45(65)57-38-20-10-8-17-35(38)42(51)62/h4-11,13-20,29,39-41,56H,2-3,12,21-28H2,1H3,(H2,51,62)(H,57,65)(H,58,64)(H,59,63)(H,60,66)(H4,52,53,54)(H2,55,61,67)/t39-,40+,41-,49?/m0/s1. The average Bonchev–Trinajstić information content (AvgIpc) is 3.72. The first-order valence-electron chi connectivity index (χ1n) is 22.3. The molecule has 5 aromatic rings. The third-order valence-corrected chi connectivity index (χ3v) is 12.5. The van der Waals surface area contributed by atoms with Crippen LogP contribution in [0.25, 0.3) is 10.9 Å². The summed E-state index contributed by atoms with van der Waals surface area (Å²) < 4.78 is 0.897. The lowest BCUT2D eigenvalue weighted by Crippen LogP contribution is -2.66. The van der Waals surface area contributed by atoms with Gasteiger partial charge in [0.05, 0.1) is 11.3 Å². The molecule has 0 fully saturated rings. The number of para-hydroxylation sites is 2. The molecule has 0 aliphatic heterocycles. The molecule has 352 valence electrons. The van der Waals surface area contributed by atoms with Gasteiger partial charge in [0, 0.05) is 53.9 Å². The van der Waals surface area contributed by atoms with Gasteiger partial charge in [0.15, 0.2) is 5.96 Å². The van der Waals surface area contributed by atoms with E-state index >= 15 is 0 Å². The number of nitrogens with two attached hydrogens (primary N) is 3. The number of guanidine groups is 1. The molecule has 0 bridgehead atoms. The molecule has 0 radical (unpaired) electrons. The van der Waals surface area contributed by atoms with Gasteiger partial charge in [-0.05, 0) is 78.6 Å². The molecule has 0 saturated heterocycles. The molecule has 4 atom stereocenters. The van der Waals surface area contributed by atoms with Crippen molar-refractivity contribution in [1.82, 2.24) is 31.6 Å². The Morgan fingerprint density at radius 3 is 2.24 bits per heavy atom. The number of primary amides is 1. The van der Waals surface area contributed by atoms with E-state index in [4.69, 9.17) is 17.2 Å². The summed E-state index contributed by atoms with van der Waals surface area (Å²) in [6, 6.07) is 24.3. The summed E-state index contributed by atoms with van der Waals surface area (Å²) in [5.41, 5.74) is 19.8. The van der Waals surface area contributed by atoms with Crippen LogP contribution in [0.15, 0.2) is 113 Å². The minimum absolute atomic E-state index is 0.0164. The zero-order valence-electron chi connectivity index (χ0n) is 37.3. The van der Waals surface area contributed by atoms with Crippen molar-refractivity contribution in [2.24, 2.45) is 22.2 Å². The van der Waals surface area contributed by atoms with Gasteiger partial charge in [-0.1, -0.05) is 102 Å². The lowest BCUT2D eigenvalue weighted by Gasteiger charge is -2.39. The maximum Gasteiger partial charge on any atom is 0.315 e. The van der Waals surface area contributed by atoms with Crippen molar-refractivity contribution in [1.29, 1.82) is 0 Å². The van der Waals surface area contributed by atoms with E-state index in [-0.39, 0.29) is 62.3 Å². The molecule has 1 heterocycles. The number of hydrogen-bond acceptors (Lipinski definition) is 7. The molecule has 0 saturated carbocycles. The average molecular weight is 977 g/mol. The Hall–Kier alpha value is -7.21. The molecular formula is C49H58BrN11O6. The van der Waals surface area contributed by atoms with Crippen molar-refractivity contribution < 1.29 is 28.8 Å². The van der Waals surface area contributed by atoms with Crippen LogP contribution in [0.2, 0.25) is 0 Å². The zero-order chi connectivity index (χ0) is 47.9. The highest BCUT2D eigenvalue weighted by molar-refractivity contribution is 9.10. The first kappa shape index (κ1) is 49.2. The van der Waals surface area contributed by atoms with Crippen LogP contribution >= 0.6 is 15.9 Å². The van der Waals surface area contributed by atoms with E-state index in [0.29, 0.717) is 13.0 Å². The number of carbonyl (C=O) groups is 6. The lowest BCUT2D eigenvalue weighted by molar-refractivity contribution is -0.135. The predicted octanol–water partition coefficient (Wildman–Crippen LogP) is 3.99. The van der Waals surface area contributed by atoms with Crippen molar-refractivity contribution in [3.05, 3.63) is 136 Å². The number of urea groups is 1. The number of aliphatic imine (C=N–C) groups is 1. The molecule has 4 aromatic carbocycles. The number of amides is 7. The second-order valence-corrected chi connectivity index (χ2v) is 17.5. The second kappa shape index (κ2) is 23.3. The summed E-state index contributed by atoms with van der Waals surface area (Å²) in [6.45, 7) is 2.55. The van der Waals surface area contributed by atoms with Crippen LogP contribution in [0.5, 0.6) is 0 Å². The van der Waals surface area contributed by atoms with Gasteiger partial charge >= 0.3 is 6.03 Å². The van der Waals surface area contributed by atoms with Gasteiger partial charge in [0.25, 0.3) is 5.91 Å². The van der Waals surface area contributed by atoms with E-state index in [1.807, 2.05) is 79.7 Å². The van der Waals surface area contributed by atoms with Gasteiger partial charge in [-0.15, -0.1) is 0 Å². The number of benzene rings is 4. The van der Waals surface area contributed by atoms with Crippen molar-refractivity contribution in [3.63, 3.8) is 0 Å². The first-order valence-corrected chi connectivity index (χ1v) is 23.1. The Balaban J connectivity index is 1.30. The second-order valence-electron chi connectivity index (χ2n) is 16.6. The number of unbranched alkanes of at least 4 members (excludes halogenated alkanes) is 1. The van der Waals surface area contributed by atoms with Crippen molar-refractivity contribution in [2.75, 3.05) is 18.4 Å². The largest absolute Gasteiger partial charge is 0.370 e. The summed E-state index contributed by atoms with van der Waals surface area (Å²) in [7, 11) is 0. The number of carbonyl (C=O) groups excluding carboxylic acids is 6. The van der Waals surface area contributed by atoms with Crippen LogP contribution in [0.3, 0.4) is 0 Å². The number of aromatic nitrogens is 1. The number of hydrogen-bond donors (Lipinski definition) is 10. The number of rotatable bonds is 21. The minimum atomic E-state index is -1.44. The molecule has 6 rings (SSSR count). The van der Waals surface area contributed by atoms with Gasteiger partial charge in [0.1, 0.15) is 23.7 Å². The van der Waals surface area contributed by atoms with Gasteiger partial charge in [-0.25, -0.2) is 4.79 Å².